The summed E-state index contributed by atoms with van der Waals surface area (Å²) in [5, 5.41) is 5.28. The summed E-state index contributed by atoms with van der Waals surface area (Å²) in [6.45, 7) is 2.23. The van der Waals surface area contributed by atoms with Gasteiger partial charge in [-0.1, -0.05) is 53.2 Å². The smallest absolute Gasteiger partial charge is 0.261 e. The van der Waals surface area contributed by atoms with Crippen molar-refractivity contribution in [3.63, 3.8) is 0 Å². The normalized spacial score (nSPS) is 13.2. The highest BCUT2D eigenvalue weighted by molar-refractivity contribution is 6.36. The first-order valence-corrected chi connectivity index (χ1v) is 10.2. The van der Waals surface area contributed by atoms with Crippen LogP contribution in [0.1, 0.15) is 26.3 Å². The summed E-state index contributed by atoms with van der Waals surface area (Å²) in [4.78, 5) is 26.1. The molecule has 0 fully saturated rings. The third-order valence-electron chi connectivity index (χ3n) is 5.40. The highest BCUT2D eigenvalue weighted by Crippen LogP contribution is 2.38. The minimum Gasteiger partial charge on any atom is -0.490 e. The third-order valence-corrected chi connectivity index (χ3v) is 5.75. The van der Waals surface area contributed by atoms with Gasteiger partial charge in [0.25, 0.3) is 11.8 Å². The van der Waals surface area contributed by atoms with Crippen molar-refractivity contribution in [1.29, 1.82) is 0 Å². The summed E-state index contributed by atoms with van der Waals surface area (Å²) in [6, 6.07) is 18.3. The minimum absolute atomic E-state index is 0.107. The van der Waals surface area contributed by atoms with E-state index in [1.54, 1.807) is 30.3 Å². The number of benzene rings is 3. The van der Waals surface area contributed by atoms with Gasteiger partial charge < -0.3 is 9.26 Å². The second-order valence-electron chi connectivity index (χ2n) is 7.26. The number of ether oxygens (including phenoxy) is 1. The minimum atomic E-state index is -0.316. The first kappa shape index (κ1) is 19.3. The van der Waals surface area contributed by atoms with Crippen LogP contribution in [-0.2, 0) is 0 Å². The quantitative estimate of drug-likeness (QED) is 0.409. The van der Waals surface area contributed by atoms with Crippen molar-refractivity contribution >= 4 is 34.4 Å². The van der Waals surface area contributed by atoms with E-state index in [9.17, 15) is 9.59 Å². The van der Waals surface area contributed by atoms with Crippen LogP contribution in [0.5, 0.6) is 5.75 Å². The molecule has 6 nitrogen and oxygen atoms in total. The lowest BCUT2D eigenvalue weighted by Gasteiger charge is -2.15. The predicted octanol–water partition coefficient (Wildman–Crippen LogP) is 5.13. The molecule has 0 spiro atoms. The molecule has 154 valence electrons. The number of amides is 2. The van der Waals surface area contributed by atoms with Crippen molar-refractivity contribution in [3.05, 3.63) is 82.4 Å². The predicted molar refractivity (Wildman–Crippen MR) is 116 cm³/mol. The van der Waals surface area contributed by atoms with E-state index in [0.29, 0.717) is 33.2 Å². The van der Waals surface area contributed by atoms with Gasteiger partial charge in [-0.15, -0.1) is 0 Å². The molecular formula is C24H17ClN2O4. The third kappa shape index (κ3) is 3.16. The van der Waals surface area contributed by atoms with Crippen LogP contribution in [0, 0.1) is 6.92 Å². The average Bonchev–Trinajstić information content (AvgIpc) is 3.31. The van der Waals surface area contributed by atoms with Crippen molar-refractivity contribution in [2.45, 2.75) is 6.92 Å². The number of hydrogen-bond acceptors (Lipinski definition) is 5. The van der Waals surface area contributed by atoms with Crippen LogP contribution < -0.4 is 4.74 Å². The lowest BCUT2D eigenvalue weighted by molar-refractivity contribution is 0.0631. The number of nitrogens with zero attached hydrogens (tertiary/aromatic N) is 2. The monoisotopic (exact) mass is 432 g/mol. The molecule has 0 atom stereocenters. The van der Waals surface area contributed by atoms with E-state index in [2.05, 4.69) is 5.16 Å². The number of aromatic nitrogens is 1. The lowest BCUT2D eigenvalue weighted by Crippen LogP contribution is -2.33. The van der Waals surface area contributed by atoms with Crippen LogP contribution in [0.15, 0.2) is 65.2 Å². The molecule has 4 aromatic rings. The van der Waals surface area contributed by atoms with E-state index in [1.807, 2.05) is 37.3 Å². The Balaban J connectivity index is 1.34. The number of carbonyl (C=O) groups is 2. The van der Waals surface area contributed by atoms with Crippen LogP contribution in [0.2, 0.25) is 5.02 Å². The van der Waals surface area contributed by atoms with E-state index in [1.165, 1.54) is 4.90 Å². The van der Waals surface area contributed by atoms with Crippen LogP contribution in [0.4, 0.5) is 0 Å². The van der Waals surface area contributed by atoms with Crippen LogP contribution in [-0.4, -0.2) is 35.0 Å². The number of carbonyl (C=O) groups excluding carboxylic acids is 2. The van der Waals surface area contributed by atoms with Gasteiger partial charge in [-0.25, -0.2) is 0 Å². The summed E-state index contributed by atoms with van der Waals surface area (Å²) in [6.07, 6.45) is 0. The molecule has 31 heavy (non-hydrogen) atoms. The Morgan fingerprint density at radius 1 is 0.935 bits per heavy atom. The van der Waals surface area contributed by atoms with Gasteiger partial charge in [0.2, 0.25) is 0 Å². The van der Waals surface area contributed by atoms with Crippen molar-refractivity contribution in [2.75, 3.05) is 13.2 Å². The van der Waals surface area contributed by atoms with Crippen molar-refractivity contribution < 1.29 is 18.8 Å². The summed E-state index contributed by atoms with van der Waals surface area (Å²) < 4.78 is 11.3. The maximum absolute atomic E-state index is 12.5. The van der Waals surface area contributed by atoms with Gasteiger partial charge in [0.05, 0.1) is 23.1 Å². The summed E-state index contributed by atoms with van der Waals surface area (Å²) in [5.41, 5.74) is 4.02. The lowest BCUT2D eigenvalue weighted by atomic mass is 10.0. The molecule has 0 saturated carbocycles. The molecule has 0 bridgehead atoms. The van der Waals surface area contributed by atoms with E-state index in [-0.39, 0.29) is 25.0 Å². The molecular weight excluding hydrogens is 416 g/mol. The zero-order chi connectivity index (χ0) is 21.5. The van der Waals surface area contributed by atoms with Crippen molar-refractivity contribution in [2.24, 2.45) is 0 Å². The molecule has 2 heterocycles. The van der Waals surface area contributed by atoms with E-state index < -0.39 is 0 Å². The molecule has 0 N–H and O–H groups in total. The molecule has 0 radical (unpaired) electrons. The molecule has 2 amide bonds. The van der Waals surface area contributed by atoms with Gasteiger partial charge in [0, 0.05) is 5.56 Å². The van der Waals surface area contributed by atoms with E-state index >= 15 is 0 Å². The molecule has 0 unspecified atom stereocenters. The van der Waals surface area contributed by atoms with Gasteiger partial charge in [-0.05, 0) is 36.8 Å². The van der Waals surface area contributed by atoms with Gasteiger partial charge in [0.1, 0.15) is 23.1 Å². The Bertz CT molecular complexity index is 1310. The topological polar surface area (TPSA) is 72.6 Å². The number of halogens is 1. The summed E-state index contributed by atoms with van der Waals surface area (Å²) in [7, 11) is 0. The maximum Gasteiger partial charge on any atom is 0.261 e. The Hall–Kier alpha value is -3.64. The maximum atomic E-state index is 12.5. The average molecular weight is 433 g/mol. The summed E-state index contributed by atoms with van der Waals surface area (Å²) in [5.74, 6) is -0.231. The zero-order valence-corrected chi connectivity index (χ0v) is 17.3. The highest BCUT2D eigenvalue weighted by Gasteiger charge is 2.34. The van der Waals surface area contributed by atoms with Crippen molar-refractivity contribution in [1.82, 2.24) is 10.1 Å². The SMILES string of the molecule is Cc1ccccc1-c1noc2c(Cl)c(OCCN3C(=O)c4ccccc4C3=O)ccc12. The van der Waals surface area contributed by atoms with E-state index in [4.69, 9.17) is 20.9 Å². The van der Waals surface area contributed by atoms with Gasteiger partial charge in [-0.3, -0.25) is 14.5 Å². The first-order chi connectivity index (χ1) is 15.1. The van der Waals surface area contributed by atoms with E-state index in [0.717, 1.165) is 16.5 Å². The molecule has 0 aliphatic carbocycles. The second-order valence-corrected chi connectivity index (χ2v) is 7.63. The Morgan fingerprint density at radius 2 is 1.58 bits per heavy atom. The molecule has 3 aromatic carbocycles. The van der Waals surface area contributed by atoms with Gasteiger partial charge >= 0.3 is 0 Å². The summed E-state index contributed by atoms with van der Waals surface area (Å²) >= 11 is 6.50. The molecule has 1 aromatic heterocycles. The largest absolute Gasteiger partial charge is 0.490 e. The fraction of sp³-hybridized carbons (Fsp3) is 0.125. The molecule has 5 rings (SSSR count). The Kier molecular flexibility index (Phi) is 4.71. The number of hydrogen-bond donors (Lipinski definition) is 0. The number of imide groups is 1. The second kappa shape index (κ2) is 7.56. The molecule has 7 heteroatoms. The van der Waals surface area contributed by atoms with Crippen LogP contribution >= 0.6 is 11.6 Å². The van der Waals surface area contributed by atoms with Crippen LogP contribution in [0.25, 0.3) is 22.2 Å². The molecule has 1 aliphatic rings. The van der Waals surface area contributed by atoms with Crippen molar-refractivity contribution in [3.8, 4) is 17.0 Å². The standard InChI is InChI=1S/C24H17ClN2O4/c1-14-6-2-3-7-15(14)21-18-10-11-19(20(25)22(18)31-26-21)30-13-12-27-23(28)16-8-4-5-9-17(16)24(27)29/h2-11H,12-13H2,1H3. The zero-order valence-electron chi connectivity index (χ0n) is 16.6. The van der Waals surface area contributed by atoms with Gasteiger partial charge in [0.15, 0.2) is 5.58 Å². The highest BCUT2D eigenvalue weighted by atomic mass is 35.5. The van der Waals surface area contributed by atoms with Gasteiger partial charge in [-0.2, -0.15) is 0 Å². The Labute approximate surface area is 183 Å². The fourth-order valence-electron chi connectivity index (χ4n) is 3.79. The van der Waals surface area contributed by atoms with Crippen LogP contribution in [0.3, 0.4) is 0 Å². The fourth-order valence-corrected chi connectivity index (χ4v) is 4.04. The Morgan fingerprint density at radius 3 is 2.26 bits per heavy atom. The first-order valence-electron chi connectivity index (χ1n) is 9.78. The number of fused-ring (bicyclic) bond motifs is 2. The number of aryl methyl sites for hydroxylation is 1. The molecule has 1 aliphatic heterocycles. The number of rotatable bonds is 5. The molecule has 0 saturated heterocycles.